The van der Waals surface area contributed by atoms with Gasteiger partial charge in [0.2, 0.25) is 0 Å². The molecule has 0 radical (unpaired) electrons. The number of hydrogen-bond acceptors (Lipinski definition) is 4. The smallest absolute Gasteiger partial charge is 0.124 e. The summed E-state index contributed by atoms with van der Waals surface area (Å²) in [5, 5.41) is 0. The fourth-order valence-electron chi connectivity index (χ4n) is 2.10. The molecule has 0 spiro atoms. The molecule has 2 aromatic carbocycles. The van der Waals surface area contributed by atoms with Gasteiger partial charge in [-0.25, -0.2) is 0 Å². The lowest BCUT2D eigenvalue weighted by Crippen LogP contribution is -2.03. The van der Waals surface area contributed by atoms with Gasteiger partial charge in [0.1, 0.15) is 11.5 Å². The Morgan fingerprint density at radius 3 is 1.58 bits per heavy atom. The Kier molecular flexibility index (Phi) is 3.80. The fourth-order valence-corrected chi connectivity index (χ4v) is 2.10. The van der Waals surface area contributed by atoms with Crippen molar-refractivity contribution in [3.05, 3.63) is 47.5 Å². The van der Waals surface area contributed by atoms with Crippen molar-refractivity contribution in [3.8, 4) is 11.5 Å². The first-order valence-corrected chi connectivity index (χ1v) is 6.00. The highest BCUT2D eigenvalue weighted by Gasteiger charge is 2.13. The first-order valence-electron chi connectivity index (χ1n) is 6.00. The van der Waals surface area contributed by atoms with Crippen molar-refractivity contribution < 1.29 is 9.47 Å². The van der Waals surface area contributed by atoms with E-state index in [2.05, 4.69) is 0 Å². The van der Waals surface area contributed by atoms with Crippen LogP contribution in [0.1, 0.15) is 11.1 Å². The Morgan fingerprint density at radius 2 is 1.21 bits per heavy atom. The monoisotopic (exact) mass is 258 g/mol. The molecule has 0 aliphatic heterocycles. The van der Waals surface area contributed by atoms with Crippen molar-refractivity contribution in [3.63, 3.8) is 0 Å². The highest BCUT2D eigenvalue weighted by atomic mass is 16.5. The Morgan fingerprint density at radius 1 is 0.789 bits per heavy atom. The third kappa shape index (κ3) is 2.57. The molecule has 2 aromatic rings. The zero-order valence-corrected chi connectivity index (χ0v) is 11.1. The molecule has 0 amide bonds. The molecule has 0 saturated heterocycles. The molecule has 0 heterocycles. The van der Waals surface area contributed by atoms with Gasteiger partial charge >= 0.3 is 0 Å². The third-order valence-electron chi connectivity index (χ3n) is 3.13. The zero-order valence-electron chi connectivity index (χ0n) is 11.1. The van der Waals surface area contributed by atoms with Crippen molar-refractivity contribution in [2.45, 2.75) is 6.42 Å². The van der Waals surface area contributed by atoms with Crippen LogP contribution in [0, 0.1) is 0 Å². The fraction of sp³-hybridized carbons (Fsp3) is 0.200. The highest BCUT2D eigenvalue weighted by molar-refractivity contribution is 5.62. The van der Waals surface area contributed by atoms with Gasteiger partial charge in [0.15, 0.2) is 0 Å². The number of nitrogens with two attached hydrogens (primary N) is 2. The van der Waals surface area contributed by atoms with Crippen LogP contribution in [-0.2, 0) is 6.42 Å². The summed E-state index contributed by atoms with van der Waals surface area (Å²) in [4.78, 5) is 0. The van der Waals surface area contributed by atoms with Crippen LogP contribution in [0.4, 0.5) is 11.4 Å². The van der Waals surface area contributed by atoms with Gasteiger partial charge in [0.05, 0.1) is 14.2 Å². The van der Waals surface area contributed by atoms with E-state index < -0.39 is 0 Å². The summed E-state index contributed by atoms with van der Waals surface area (Å²) in [5.74, 6) is 1.51. The minimum atomic E-state index is 0.575. The van der Waals surface area contributed by atoms with Crippen LogP contribution in [-0.4, -0.2) is 14.2 Å². The molecular weight excluding hydrogens is 240 g/mol. The van der Waals surface area contributed by atoms with Gasteiger partial charge in [-0.1, -0.05) is 12.1 Å². The molecule has 19 heavy (non-hydrogen) atoms. The molecule has 0 aromatic heterocycles. The van der Waals surface area contributed by atoms with Crippen molar-refractivity contribution in [2.75, 3.05) is 25.7 Å². The number of ether oxygens (including phenoxy) is 2. The predicted octanol–water partition coefficient (Wildman–Crippen LogP) is 2.46. The second-order valence-electron chi connectivity index (χ2n) is 4.23. The number of hydrogen-bond donors (Lipinski definition) is 2. The van der Waals surface area contributed by atoms with E-state index in [1.165, 1.54) is 0 Å². The van der Waals surface area contributed by atoms with E-state index in [0.717, 1.165) is 22.6 Å². The van der Waals surface area contributed by atoms with Crippen LogP contribution in [0.25, 0.3) is 0 Å². The molecule has 100 valence electrons. The van der Waals surface area contributed by atoms with E-state index in [1.807, 2.05) is 36.4 Å². The van der Waals surface area contributed by atoms with Crippen LogP contribution < -0.4 is 20.9 Å². The quantitative estimate of drug-likeness (QED) is 0.826. The molecule has 0 atom stereocenters. The van der Waals surface area contributed by atoms with Gasteiger partial charge in [-0.15, -0.1) is 0 Å². The van der Waals surface area contributed by atoms with Crippen molar-refractivity contribution in [1.29, 1.82) is 0 Å². The lowest BCUT2D eigenvalue weighted by Gasteiger charge is -2.15. The largest absolute Gasteiger partial charge is 0.496 e. The van der Waals surface area contributed by atoms with Crippen LogP contribution in [0.5, 0.6) is 11.5 Å². The lowest BCUT2D eigenvalue weighted by atomic mass is 10.00. The average Bonchev–Trinajstić information content (AvgIpc) is 2.42. The summed E-state index contributed by atoms with van der Waals surface area (Å²) in [6.45, 7) is 0. The summed E-state index contributed by atoms with van der Waals surface area (Å²) in [5.41, 5.74) is 15.3. The molecule has 4 nitrogen and oxygen atoms in total. The molecular formula is C15H18N2O2. The van der Waals surface area contributed by atoms with E-state index >= 15 is 0 Å². The molecule has 0 fully saturated rings. The van der Waals surface area contributed by atoms with E-state index in [-0.39, 0.29) is 0 Å². The van der Waals surface area contributed by atoms with Gasteiger partial charge in [0, 0.05) is 28.9 Å². The van der Waals surface area contributed by atoms with Gasteiger partial charge in [-0.3, -0.25) is 0 Å². The van der Waals surface area contributed by atoms with Crippen molar-refractivity contribution in [2.24, 2.45) is 0 Å². The minimum absolute atomic E-state index is 0.575. The number of nitrogen functional groups attached to an aromatic ring is 2. The Hall–Kier alpha value is -2.36. The molecule has 0 aliphatic rings. The normalized spacial score (nSPS) is 10.2. The summed E-state index contributed by atoms with van der Waals surface area (Å²) in [7, 11) is 3.26. The molecule has 0 unspecified atom stereocenters. The maximum absolute atomic E-state index is 6.02. The Balaban J connectivity index is 2.47. The molecule has 0 aliphatic carbocycles. The Bertz CT molecular complexity index is 531. The maximum atomic E-state index is 6.02. The third-order valence-corrected chi connectivity index (χ3v) is 3.13. The van der Waals surface area contributed by atoms with E-state index in [0.29, 0.717) is 17.8 Å². The summed E-state index contributed by atoms with van der Waals surface area (Å²) in [6, 6.07) is 11.2. The van der Waals surface area contributed by atoms with E-state index in [1.54, 1.807) is 14.2 Å². The number of benzene rings is 2. The number of anilines is 2. The molecule has 0 saturated carbocycles. The average molecular weight is 258 g/mol. The standard InChI is InChI=1S/C15H18N2O2/c1-18-14-7-3-5-12(16)10(14)9-11-13(17)6-4-8-15(11)19-2/h3-8H,9,16-17H2,1-2H3. The number of rotatable bonds is 4. The van der Waals surface area contributed by atoms with Crippen LogP contribution in [0.15, 0.2) is 36.4 Å². The maximum Gasteiger partial charge on any atom is 0.124 e. The minimum Gasteiger partial charge on any atom is -0.496 e. The molecule has 2 rings (SSSR count). The van der Waals surface area contributed by atoms with E-state index in [9.17, 15) is 0 Å². The van der Waals surface area contributed by atoms with Crippen LogP contribution in [0.2, 0.25) is 0 Å². The molecule has 0 bridgehead atoms. The van der Waals surface area contributed by atoms with Gasteiger partial charge in [-0.05, 0) is 24.3 Å². The second kappa shape index (κ2) is 5.52. The summed E-state index contributed by atoms with van der Waals surface area (Å²) in [6.07, 6.45) is 0.575. The molecule has 4 N–H and O–H groups in total. The van der Waals surface area contributed by atoms with Crippen molar-refractivity contribution in [1.82, 2.24) is 0 Å². The van der Waals surface area contributed by atoms with Crippen LogP contribution in [0.3, 0.4) is 0 Å². The zero-order chi connectivity index (χ0) is 13.8. The van der Waals surface area contributed by atoms with Gasteiger partial charge < -0.3 is 20.9 Å². The summed E-state index contributed by atoms with van der Waals surface area (Å²) < 4.78 is 10.7. The first kappa shape index (κ1) is 13.1. The number of methoxy groups -OCH3 is 2. The van der Waals surface area contributed by atoms with Gasteiger partial charge in [-0.2, -0.15) is 0 Å². The van der Waals surface area contributed by atoms with Crippen LogP contribution >= 0.6 is 0 Å². The topological polar surface area (TPSA) is 70.5 Å². The Labute approximate surface area is 112 Å². The lowest BCUT2D eigenvalue weighted by molar-refractivity contribution is 0.406. The second-order valence-corrected chi connectivity index (χ2v) is 4.23. The first-order chi connectivity index (χ1) is 9.17. The van der Waals surface area contributed by atoms with E-state index in [4.69, 9.17) is 20.9 Å². The SMILES string of the molecule is COc1cccc(N)c1Cc1c(N)cccc1OC. The van der Waals surface area contributed by atoms with Gasteiger partial charge in [0.25, 0.3) is 0 Å². The van der Waals surface area contributed by atoms with Crippen molar-refractivity contribution >= 4 is 11.4 Å². The predicted molar refractivity (Wildman–Crippen MR) is 77.6 cm³/mol. The highest BCUT2D eigenvalue weighted by Crippen LogP contribution is 2.32. The summed E-state index contributed by atoms with van der Waals surface area (Å²) >= 11 is 0. The molecule has 4 heteroatoms.